The Hall–Kier alpha value is -2.67. The third-order valence-corrected chi connectivity index (χ3v) is 2.62. The highest BCUT2D eigenvalue weighted by Crippen LogP contribution is 2.20. The van der Waals surface area contributed by atoms with Crippen molar-refractivity contribution in [3.05, 3.63) is 60.2 Å². The number of nitriles is 1. The maximum atomic E-state index is 8.76. The van der Waals surface area contributed by atoms with Gasteiger partial charge in [-0.05, 0) is 56.3 Å². The molecule has 0 fully saturated rings. The van der Waals surface area contributed by atoms with E-state index in [9.17, 15) is 0 Å². The fraction of sp³-hybridized carbons (Fsp3) is 0.188. The van der Waals surface area contributed by atoms with Gasteiger partial charge in [0.15, 0.2) is 0 Å². The van der Waals surface area contributed by atoms with Crippen molar-refractivity contribution in [3.8, 4) is 11.8 Å². The zero-order valence-electron chi connectivity index (χ0n) is 11.4. The molecule has 0 radical (unpaired) electrons. The number of rotatable bonds is 4. The first-order chi connectivity index (χ1) is 9.59. The standard InChI is InChI=1S/C16H15N3O/c1-16(2,9-7-14-8-10-18-12-19-14)20-15-5-3-13(11-17)4-6-15/h3-10,12H,1-2H3. The van der Waals surface area contributed by atoms with Gasteiger partial charge < -0.3 is 4.74 Å². The zero-order chi connectivity index (χ0) is 14.4. The second-order valence-electron chi connectivity index (χ2n) is 4.81. The quantitative estimate of drug-likeness (QED) is 0.851. The van der Waals surface area contributed by atoms with Gasteiger partial charge in [-0.15, -0.1) is 0 Å². The summed E-state index contributed by atoms with van der Waals surface area (Å²) >= 11 is 0. The normalized spacial score (nSPS) is 11.2. The largest absolute Gasteiger partial charge is 0.484 e. The molecular weight excluding hydrogens is 250 g/mol. The first-order valence-electron chi connectivity index (χ1n) is 6.23. The molecule has 0 spiro atoms. The van der Waals surface area contributed by atoms with Crippen molar-refractivity contribution < 1.29 is 4.74 Å². The summed E-state index contributed by atoms with van der Waals surface area (Å²) in [5.74, 6) is 0.723. The third kappa shape index (κ3) is 3.92. The van der Waals surface area contributed by atoms with Crippen LogP contribution in [-0.4, -0.2) is 15.6 Å². The average molecular weight is 265 g/mol. The lowest BCUT2D eigenvalue weighted by Gasteiger charge is -2.22. The highest BCUT2D eigenvalue weighted by molar-refractivity contribution is 5.45. The van der Waals surface area contributed by atoms with Crippen molar-refractivity contribution in [3.63, 3.8) is 0 Å². The highest BCUT2D eigenvalue weighted by atomic mass is 16.5. The van der Waals surface area contributed by atoms with Gasteiger partial charge in [0, 0.05) is 6.20 Å². The molecule has 0 amide bonds. The lowest BCUT2D eigenvalue weighted by Crippen LogP contribution is -2.25. The van der Waals surface area contributed by atoms with Gasteiger partial charge in [0.05, 0.1) is 17.3 Å². The second kappa shape index (κ2) is 5.98. The Bertz CT molecular complexity index is 625. The van der Waals surface area contributed by atoms with Crippen molar-refractivity contribution in [1.82, 2.24) is 9.97 Å². The maximum Gasteiger partial charge on any atom is 0.122 e. The van der Waals surface area contributed by atoms with Crippen LogP contribution >= 0.6 is 0 Å². The van der Waals surface area contributed by atoms with Crippen LogP contribution in [-0.2, 0) is 0 Å². The van der Waals surface area contributed by atoms with Crippen molar-refractivity contribution in [2.75, 3.05) is 0 Å². The molecule has 4 heteroatoms. The molecule has 1 heterocycles. The van der Waals surface area contributed by atoms with Gasteiger partial charge in [-0.25, -0.2) is 9.97 Å². The van der Waals surface area contributed by atoms with Gasteiger partial charge in [0.25, 0.3) is 0 Å². The molecule has 20 heavy (non-hydrogen) atoms. The van der Waals surface area contributed by atoms with Gasteiger partial charge >= 0.3 is 0 Å². The van der Waals surface area contributed by atoms with Crippen LogP contribution in [0.4, 0.5) is 0 Å². The van der Waals surface area contributed by atoms with Crippen molar-refractivity contribution in [2.24, 2.45) is 0 Å². The van der Waals surface area contributed by atoms with Crippen LogP contribution in [0, 0.1) is 11.3 Å². The van der Waals surface area contributed by atoms with Gasteiger partial charge in [-0.3, -0.25) is 0 Å². The average Bonchev–Trinajstić information content (AvgIpc) is 2.47. The summed E-state index contributed by atoms with van der Waals surface area (Å²) in [5, 5.41) is 8.76. The van der Waals surface area contributed by atoms with Crippen LogP contribution in [0.25, 0.3) is 6.08 Å². The molecule has 2 aromatic rings. The number of ether oxygens (including phenoxy) is 1. The minimum atomic E-state index is -0.473. The van der Waals surface area contributed by atoms with Crippen LogP contribution in [0.1, 0.15) is 25.1 Å². The van der Waals surface area contributed by atoms with Crippen LogP contribution in [0.15, 0.2) is 48.9 Å². The molecule has 4 nitrogen and oxygen atoms in total. The second-order valence-corrected chi connectivity index (χ2v) is 4.81. The summed E-state index contributed by atoms with van der Waals surface area (Å²) < 4.78 is 5.88. The van der Waals surface area contributed by atoms with Crippen molar-refractivity contribution in [2.45, 2.75) is 19.4 Å². The van der Waals surface area contributed by atoms with E-state index < -0.39 is 5.60 Å². The van der Waals surface area contributed by atoms with Crippen molar-refractivity contribution in [1.29, 1.82) is 5.26 Å². The van der Waals surface area contributed by atoms with Crippen molar-refractivity contribution >= 4 is 6.08 Å². The maximum absolute atomic E-state index is 8.76. The number of hydrogen-bond acceptors (Lipinski definition) is 4. The van der Waals surface area contributed by atoms with E-state index in [2.05, 4.69) is 16.0 Å². The molecule has 0 aliphatic heterocycles. The van der Waals surface area contributed by atoms with Crippen LogP contribution in [0.2, 0.25) is 0 Å². The summed E-state index contributed by atoms with van der Waals surface area (Å²) in [6, 6.07) is 11.0. The number of aromatic nitrogens is 2. The topological polar surface area (TPSA) is 58.8 Å². The molecule has 100 valence electrons. The molecule has 0 saturated carbocycles. The molecule has 1 aromatic heterocycles. The lowest BCUT2D eigenvalue weighted by atomic mass is 10.1. The predicted octanol–water partition coefficient (Wildman–Crippen LogP) is 3.22. The lowest BCUT2D eigenvalue weighted by molar-refractivity contribution is 0.163. The molecular formula is C16H15N3O. The van der Waals surface area contributed by atoms with Gasteiger partial charge in [0.1, 0.15) is 17.7 Å². The fourth-order valence-corrected chi connectivity index (χ4v) is 1.62. The van der Waals surface area contributed by atoms with E-state index in [0.717, 1.165) is 11.4 Å². The van der Waals surface area contributed by atoms with Crippen LogP contribution in [0.3, 0.4) is 0 Å². The van der Waals surface area contributed by atoms with Crippen LogP contribution in [0.5, 0.6) is 5.75 Å². The molecule has 0 aliphatic rings. The van der Waals surface area contributed by atoms with E-state index in [1.807, 2.05) is 32.1 Å². The van der Waals surface area contributed by atoms with E-state index in [4.69, 9.17) is 10.00 Å². The SMILES string of the molecule is CC(C)(C=Cc1ccncn1)Oc1ccc(C#N)cc1. The fourth-order valence-electron chi connectivity index (χ4n) is 1.62. The van der Waals surface area contributed by atoms with Gasteiger partial charge in [-0.2, -0.15) is 5.26 Å². The van der Waals surface area contributed by atoms with E-state index in [-0.39, 0.29) is 0 Å². The Morgan fingerprint density at radius 3 is 2.55 bits per heavy atom. The molecule has 0 bridgehead atoms. The third-order valence-electron chi connectivity index (χ3n) is 2.62. The molecule has 0 unspecified atom stereocenters. The Balaban J connectivity index is 2.06. The summed E-state index contributed by atoms with van der Waals surface area (Å²) in [7, 11) is 0. The molecule has 0 atom stereocenters. The molecule has 0 aliphatic carbocycles. The number of nitrogens with zero attached hydrogens (tertiary/aromatic N) is 3. The Labute approximate surface area is 118 Å². The van der Waals surface area contributed by atoms with E-state index in [1.54, 1.807) is 30.5 Å². The summed E-state index contributed by atoms with van der Waals surface area (Å²) in [6.07, 6.45) is 7.04. The summed E-state index contributed by atoms with van der Waals surface area (Å²) in [5.41, 5.74) is 0.974. The first kappa shape index (κ1) is 13.8. The minimum absolute atomic E-state index is 0.473. The molecule has 1 aromatic carbocycles. The highest BCUT2D eigenvalue weighted by Gasteiger charge is 2.15. The minimum Gasteiger partial charge on any atom is -0.484 e. The molecule has 2 rings (SSSR count). The molecule has 0 saturated heterocycles. The first-order valence-corrected chi connectivity index (χ1v) is 6.23. The predicted molar refractivity (Wildman–Crippen MR) is 76.9 cm³/mol. The Morgan fingerprint density at radius 2 is 1.95 bits per heavy atom. The molecule has 0 N–H and O–H groups in total. The zero-order valence-corrected chi connectivity index (χ0v) is 11.4. The smallest absolute Gasteiger partial charge is 0.122 e. The number of hydrogen-bond donors (Lipinski definition) is 0. The van der Waals surface area contributed by atoms with Gasteiger partial charge in [0.2, 0.25) is 0 Å². The Kier molecular flexibility index (Phi) is 4.11. The monoisotopic (exact) mass is 265 g/mol. The Morgan fingerprint density at radius 1 is 1.20 bits per heavy atom. The summed E-state index contributed by atoms with van der Waals surface area (Å²) in [4.78, 5) is 7.99. The van der Waals surface area contributed by atoms with Crippen LogP contribution < -0.4 is 4.74 Å². The number of benzene rings is 1. The van der Waals surface area contributed by atoms with E-state index in [1.165, 1.54) is 6.33 Å². The van der Waals surface area contributed by atoms with Gasteiger partial charge in [-0.1, -0.05) is 0 Å². The summed E-state index contributed by atoms with van der Waals surface area (Å²) in [6.45, 7) is 3.92. The van der Waals surface area contributed by atoms with E-state index >= 15 is 0 Å². The van der Waals surface area contributed by atoms with E-state index in [0.29, 0.717) is 5.56 Å².